The molecule has 1 fully saturated rings. The van der Waals surface area contributed by atoms with Crippen LogP contribution in [-0.2, 0) is 4.79 Å². The molecule has 6 heteroatoms. The molecule has 2 aromatic carbocycles. The Kier molecular flexibility index (Phi) is 5.99. The molecular formula is C20H24N4O2. The molecule has 6 nitrogen and oxygen atoms in total. The van der Waals surface area contributed by atoms with Crippen molar-refractivity contribution in [3.63, 3.8) is 0 Å². The van der Waals surface area contributed by atoms with Gasteiger partial charge in [-0.25, -0.2) is 10.9 Å². The monoisotopic (exact) mass is 352 g/mol. The number of benzene rings is 2. The minimum absolute atomic E-state index is 0.0663. The lowest BCUT2D eigenvalue weighted by Gasteiger charge is -2.14. The minimum Gasteiger partial charge on any atom is -0.484 e. The van der Waals surface area contributed by atoms with E-state index in [1.54, 1.807) is 6.21 Å². The van der Waals surface area contributed by atoms with Gasteiger partial charge in [0, 0.05) is 18.7 Å². The van der Waals surface area contributed by atoms with Gasteiger partial charge in [0.05, 0.1) is 6.04 Å². The van der Waals surface area contributed by atoms with Crippen molar-refractivity contribution in [1.82, 2.24) is 16.3 Å². The van der Waals surface area contributed by atoms with E-state index >= 15 is 0 Å². The fraction of sp³-hybridized carbons (Fsp3) is 0.300. The Hall–Kier alpha value is -2.70. The van der Waals surface area contributed by atoms with Crippen molar-refractivity contribution < 1.29 is 9.53 Å². The van der Waals surface area contributed by atoms with Gasteiger partial charge < -0.3 is 4.74 Å². The third-order valence-corrected chi connectivity index (χ3v) is 4.49. The van der Waals surface area contributed by atoms with E-state index in [9.17, 15) is 4.79 Å². The summed E-state index contributed by atoms with van der Waals surface area (Å²) >= 11 is 0. The van der Waals surface area contributed by atoms with E-state index in [4.69, 9.17) is 4.74 Å². The first-order chi connectivity index (χ1) is 12.6. The number of carbonyl (C=O) groups is 1. The summed E-state index contributed by atoms with van der Waals surface area (Å²) in [6.45, 7) is 4.73. The number of rotatable bonds is 6. The number of hydrogen-bond acceptors (Lipinski definition) is 5. The van der Waals surface area contributed by atoms with Crippen LogP contribution < -0.4 is 21.0 Å². The van der Waals surface area contributed by atoms with Crippen LogP contribution in [0, 0.1) is 19.8 Å². The zero-order valence-electron chi connectivity index (χ0n) is 15.0. The number of hydrazine groups is 1. The van der Waals surface area contributed by atoms with Crippen molar-refractivity contribution >= 4 is 12.1 Å². The van der Waals surface area contributed by atoms with Crippen molar-refractivity contribution in [2.45, 2.75) is 19.9 Å². The summed E-state index contributed by atoms with van der Waals surface area (Å²) in [6.07, 6.45) is 1.76. The van der Waals surface area contributed by atoms with Gasteiger partial charge in [0.1, 0.15) is 5.75 Å². The van der Waals surface area contributed by atoms with Gasteiger partial charge >= 0.3 is 0 Å². The third-order valence-electron chi connectivity index (χ3n) is 4.49. The summed E-state index contributed by atoms with van der Waals surface area (Å²) in [5.41, 5.74) is 12.4. The standard InChI is InChI=1S/C20H24N4O2/c1-14-8-9-18(10-15(14)2)26-13-19(25)23-21-11-17-12-22-24-20(17)16-6-4-3-5-7-16/h3-11,17,20,22,24H,12-13H2,1-2H3,(H,23,25)/b21-11+. The Morgan fingerprint density at radius 2 is 2.04 bits per heavy atom. The molecule has 0 aromatic heterocycles. The molecule has 2 unspecified atom stereocenters. The highest BCUT2D eigenvalue weighted by molar-refractivity contribution is 5.78. The lowest BCUT2D eigenvalue weighted by molar-refractivity contribution is -0.123. The molecular weight excluding hydrogens is 328 g/mol. The highest BCUT2D eigenvalue weighted by Crippen LogP contribution is 2.23. The average molecular weight is 352 g/mol. The van der Waals surface area contributed by atoms with Crippen LogP contribution in [0.4, 0.5) is 0 Å². The average Bonchev–Trinajstić information content (AvgIpc) is 3.12. The van der Waals surface area contributed by atoms with Gasteiger partial charge in [-0.15, -0.1) is 0 Å². The van der Waals surface area contributed by atoms with Crippen molar-refractivity contribution in [2.75, 3.05) is 13.2 Å². The van der Waals surface area contributed by atoms with E-state index in [1.165, 1.54) is 11.1 Å². The van der Waals surface area contributed by atoms with Gasteiger partial charge in [-0.2, -0.15) is 5.10 Å². The Morgan fingerprint density at radius 1 is 1.23 bits per heavy atom. The van der Waals surface area contributed by atoms with E-state index in [-0.39, 0.29) is 24.5 Å². The second-order valence-electron chi connectivity index (χ2n) is 6.43. The number of nitrogens with zero attached hydrogens (tertiary/aromatic N) is 1. The van der Waals surface area contributed by atoms with E-state index in [0.29, 0.717) is 5.75 Å². The van der Waals surface area contributed by atoms with Gasteiger partial charge in [0.2, 0.25) is 0 Å². The zero-order valence-corrected chi connectivity index (χ0v) is 15.0. The van der Waals surface area contributed by atoms with E-state index in [0.717, 1.165) is 12.1 Å². The SMILES string of the molecule is Cc1ccc(OCC(=O)N/N=C/C2CNNC2c2ccccc2)cc1C. The fourth-order valence-electron chi connectivity index (χ4n) is 2.83. The number of carbonyl (C=O) groups excluding carboxylic acids is 1. The molecule has 0 spiro atoms. The first-order valence-electron chi connectivity index (χ1n) is 8.69. The van der Waals surface area contributed by atoms with Gasteiger partial charge in [-0.3, -0.25) is 10.2 Å². The summed E-state index contributed by atoms with van der Waals surface area (Å²) < 4.78 is 5.51. The van der Waals surface area contributed by atoms with E-state index in [1.807, 2.05) is 50.2 Å². The summed E-state index contributed by atoms with van der Waals surface area (Å²) in [5.74, 6) is 0.550. The normalized spacial score (nSPS) is 19.6. The van der Waals surface area contributed by atoms with Crippen LogP contribution in [0.1, 0.15) is 22.7 Å². The van der Waals surface area contributed by atoms with Crippen molar-refractivity contribution in [3.8, 4) is 5.75 Å². The molecule has 0 saturated carbocycles. The smallest absolute Gasteiger partial charge is 0.277 e. The van der Waals surface area contributed by atoms with Crippen LogP contribution in [0.15, 0.2) is 53.6 Å². The molecule has 0 radical (unpaired) electrons. The van der Waals surface area contributed by atoms with Crippen molar-refractivity contribution in [3.05, 3.63) is 65.2 Å². The Morgan fingerprint density at radius 3 is 2.81 bits per heavy atom. The molecule has 0 bridgehead atoms. The maximum atomic E-state index is 11.9. The molecule has 1 amide bonds. The zero-order chi connectivity index (χ0) is 18.4. The number of aryl methyl sites for hydroxylation is 2. The fourth-order valence-corrected chi connectivity index (χ4v) is 2.83. The second-order valence-corrected chi connectivity index (χ2v) is 6.43. The predicted octanol–water partition coefficient (Wildman–Crippen LogP) is 2.25. The second kappa shape index (κ2) is 8.60. The van der Waals surface area contributed by atoms with Crippen LogP contribution in [0.2, 0.25) is 0 Å². The van der Waals surface area contributed by atoms with Crippen LogP contribution in [0.5, 0.6) is 5.75 Å². The maximum absolute atomic E-state index is 11.9. The topological polar surface area (TPSA) is 74.8 Å². The molecule has 3 N–H and O–H groups in total. The Labute approximate surface area is 153 Å². The van der Waals surface area contributed by atoms with Crippen molar-refractivity contribution in [2.24, 2.45) is 11.0 Å². The summed E-state index contributed by atoms with van der Waals surface area (Å²) in [4.78, 5) is 11.9. The Balaban J connectivity index is 1.48. The first kappa shape index (κ1) is 18.1. The third kappa shape index (κ3) is 4.68. The van der Waals surface area contributed by atoms with Gasteiger partial charge in [-0.05, 0) is 42.7 Å². The largest absolute Gasteiger partial charge is 0.484 e. The number of nitrogens with one attached hydrogen (secondary N) is 3. The quantitative estimate of drug-likeness (QED) is 0.551. The molecule has 1 aliphatic rings. The predicted molar refractivity (Wildman–Crippen MR) is 102 cm³/mol. The van der Waals surface area contributed by atoms with Crippen molar-refractivity contribution in [1.29, 1.82) is 0 Å². The van der Waals surface area contributed by atoms with Gasteiger partial charge in [0.15, 0.2) is 6.61 Å². The minimum atomic E-state index is -0.283. The molecule has 0 aliphatic carbocycles. The van der Waals surface area contributed by atoms with Crippen LogP contribution >= 0.6 is 0 Å². The maximum Gasteiger partial charge on any atom is 0.277 e. The number of amides is 1. The molecule has 1 heterocycles. The number of ether oxygens (including phenoxy) is 1. The molecule has 136 valence electrons. The highest BCUT2D eigenvalue weighted by Gasteiger charge is 2.26. The lowest BCUT2D eigenvalue weighted by Crippen LogP contribution is -2.26. The van der Waals surface area contributed by atoms with Crippen LogP contribution in [0.25, 0.3) is 0 Å². The summed E-state index contributed by atoms with van der Waals surface area (Å²) in [5, 5.41) is 4.09. The first-order valence-corrected chi connectivity index (χ1v) is 8.69. The van der Waals surface area contributed by atoms with E-state index < -0.39 is 0 Å². The molecule has 1 aliphatic heterocycles. The highest BCUT2D eigenvalue weighted by atomic mass is 16.5. The molecule has 1 saturated heterocycles. The van der Waals surface area contributed by atoms with Gasteiger partial charge in [-0.1, -0.05) is 36.4 Å². The molecule has 2 aromatic rings. The summed E-state index contributed by atoms with van der Waals surface area (Å²) in [7, 11) is 0. The molecule has 26 heavy (non-hydrogen) atoms. The van der Waals surface area contributed by atoms with E-state index in [2.05, 4.69) is 33.5 Å². The summed E-state index contributed by atoms with van der Waals surface area (Å²) in [6, 6.07) is 16.0. The number of hydrazone groups is 1. The van der Waals surface area contributed by atoms with Gasteiger partial charge in [0.25, 0.3) is 5.91 Å². The Bertz CT molecular complexity index is 777. The van der Waals surface area contributed by atoms with Crippen LogP contribution in [0.3, 0.4) is 0 Å². The van der Waals surface area contributed by atoms with Crippen LogP contribution in [-0.4, -0.2) is 25.3 Å². The molecule has 2 atom stereocenters. The number of hydrogen-bond donors (Lipinski definition) is 3. The molecule has 3 rings (SSSR count). The lowest BCUT2D eigenvalue weighted by atomic mass is 9.96.